The summed E-state index contributed by atoms with van der Waals surface area (Å²) >= 11 is 7.31. The van der Waals surface area contributed by atoms with Crippen LogP contribution >= 0.6 is 22.9 Å². The molecule has 1 amide bonds. The van der Waals surface area contributed by atoms with Gasteiger partial charge in [-0.15, -0.1) is 11.3 Å². The number of hydrogen-bond acceptors (Lipinski definition) is 4. The first kappa shape index (κ1) is 15.1. The number of aromatic nitrogens is 2. The zero-order valence-corrected chi connectivity index (χ0v) is 13.2. The van der Waals surface area contributed by atoms with Crippen molar-refractivity contribution in [1.82, 2.24) is 15.1 Å². The lowest BCUT2D eigenvalue weighted by molar-refractivity contribution is -0.143. The van der Waals surface area contributed by atoms with Gasteiger partial charge in [-0.3, -0.25) is 14.7 Å². The number of nitrogens with one attached hydrogen (secondary N) is 1. The van der Waals surface area contributed by atoms with Crippen molar-refractivity contribution in [2.24, 2.45) is 5.92 Å². The number of amides is 1. The highest BCUT2D eigenvalue weighted by Gasteiger charge is 2.29. The number of carbonyl (C=O) groups excluding carboxylic acids is 1. The smallest absolute Gasteiger partial charge is 0.306 e. The van der Waals surface area contributed by atoms with Crippen molar-refractivity contribution < 1.29 is 14.7 Å². The Morgan fingerprint density at radius 1 is 1.36 bits per heavy atom. The van der Waals surface area contributed by atoms with E-state index in [9.17, 15) is 9.59 Å². The Balaban J connectivity index is 1.77. The van der Waals surface area contributed by atoms with Crippen LogP contribution in [0.15, 0.2) is 18.3 Å². The summed E-state index contributed by atoms with van der Waals surface area (Å²) in [7, 11) is 0. The molecule has 116 valence electrons. The van der Waals surface area contributed by atoms with Gasteiger partial charge in [-0.25, -0.2) is 0 Å². The summed E-state index contributed by atoms with van der Waals surface area (Å²) in [6.07, 6.45) is 2.48. The van der Waals surface area contributed by atoms with E-state index in [1.54, 1.807) is 11.0 Å². The molecule has 0 saturated carbocycles. The largest absolute Gasteiger partial charge is 0.481 e. The number of halogens is 1. The van der Waals surface area contributed by atoms with E-state index >= 15 is 0 Å². The molecule has 3 rings (SSSR count). The van der Waals surface area contributed by atoms with Gasteiger partial charge < -0.3 is 10.0 Å². The predicted molar refractivity (Wildman–Crippen MR) is 83.2 cm³/mol. The Labute approximate surface area is 135 Å². The minimum Gasteiger partial charge on any atom is -0.481 e. The zero-order chi connectivity index (χ0) is 15.7. The summed E-state index contributed by atoms with van der Waals surface area (Å²) in [5.74, 6) is -1.27. The van der Waals surface area contributed by atoms with Crippen LogP contribution in [0.3, 0.4) is 0 Å². The Morgan fingerprint density at radius 2 is 2.09 bits per heavy atom. The molecule has 8 heteroatoms. The standard InChI is InChI=1S/C14H14ClN3O3S/c15-11-2-1-10(22-11)12-9(7-16-17-12)13(19)18-5-3-8(4-6-18)14(20)21/h1-2,7-8H,3-6H2,(H,16,17)(H,20,21). The van der Waals surface area contributed by atoms with E-state index in [1.165, 1.54) is 17.5 Å². The van der Waals surface area contributed by atoms with Crippen molar-refractivity contribution in [2.75, 3.05) is 13.1 Å². The van der Waals surface area contributed by atoms with Crippen molar-refractivity contribution >= 4 is 34.8 Å². The number of nitrogens with zero attached hydrogens (tertiary/aromatic N) is 2. The van der Waals surface area contributed by atoms with Gasteiger partial charge in [-0.1, -0.05) is 11.6 Å². The molecular weight excluding hydrogens is 326 g/mol. The van der Waals surface area contributed by atoms with E-state index in [4.69, 9.17) is 16.7 Å². The Bertz CT molecular complexity index is 704. The normalized spacial score (nSPS) is 16.0. The topological polar surface area (TPSA) is 86.3 Å². The maximum absolute atomic E-state index is 12.6. The summed E-state index contributed by atoms with van der Waals surface area (Å²) in [6.45, 7) is 0.900. The number of likely N-dealkylation sites (tertiary alicyclic amines) is 1. The monoisotopic (exact) mass is 339 g/mol. The molecular formula is C14H14ClN3O3S. The minimum absolute atomic E-state index is 0.128. The van der Waals surface area contributed by atoms with Crippen molar-refractivity contribution in [2.45, 2.75) is 12.8 Å². The molecule has 1 fully saturated rings. The highest BCUT2D eigenvalue weighted by molar-refractivity contribution is 7.19. The summed E-state index contributed by atoms with van der Waals surface area (Å²) in [5.41, 5.74) is 1.15. The summed E-state index contributed by atoms with van der Waals surface area (Å²) in [5, 5.41) is 15.8. The van der Waals surface area contributed by atoms with Crippen LogP contribution in [0.2, 0.25) is 4.34 Å². The lowest BCUT2D eigenvalue weighted by Gasteiger charge is -2.30. The van der Waals surface area contributed by atoms with Crippen LogP contribution in [-0.4, -0.2) is 45.2 Å². The Kier molecular flexibility index (Phi) is 4.17. The van der Waals surface area contributed by atoms with Gasteiger partial charge in [0, 0.05) is 13.1 Å². The van der Waals surface area contributed by atoms with Gasteiger partial charge in [0.05, 0.1) is 32.6 Å². The highest BCUT2D eigenvalue weighted by atomic mass is 35.5. The van der Waals surface area contributed by atoms with Crippen molar-refractivity contribution in [3.63, 3.8) is 0 Å². The third-order valence-electron chi connectivity index (χ3n) is 3.82. The van der Waals surface area contributed by atoms with E-state index in [2.05, 4.69) is 10.2 Å². The average molecular weight is 340 g/mol. The van der Waals surface area contributed by atoms with Crippen LogP contribution in [0.5, 0.6) is 0 Å². The molecule has 0 bridgehead atoms. The lowest BCUT2D eigenvalue weighted by atomic mass is 9.96. The molecule has 0 spiro atoms. The number of hydrogen-bond donors (Lipinski definition) is 2. The number of aromatic amines is 1. The highest BCUT2D eigenvalue weighted by Crippen LogP contribution is 2.32. The number of aliphatic carboxylic acids is 1. The third-order valence-corrected chi connectivity index (χ3v) is 5.07. The summed E-state index contributed by atoms with van der Waals surface area (Å²) in [6, 6.07) is 3.61. The van der Waals surface area contributed by atoms with E-state index < -0.39 is 5.97 Å². The Morgan fingerprint density at radius 3 is 2.68 bits per heavy atom. The molecule has 6 nitrogen and oxygen atoms in total. The van der Waals surface area contributed by atoms with Crippen LogP contribution in [0, 0.1) is 5.92 Å². The van der Waals surface area contributed by atoms with Gasteiger partial charge in [0.25, 0.3) is 5.91 Å². The molecule has 2 aromatic rings. The van der Waals surface area contributed by atoms with Crippen LogP contribution in [0.25, 0.3) is 10.6 Å². The third kappa shape index (κ3) is 2.86. The Hall–Kier alpha value is -1.86. The molecule has 2 aromatic heterocycles. The van der Waals surface area contributed by atoms with Crippen molar-refractivity contribution in [3.05, 3.63) is 28.2 Å². The molecule has 0 unspecified atom stereocenters. The predicted octanol–water partition coefficient (Wildman–Crippen LogP) is 2.73. The van der Waals surface area contributed by atoms with Crippen LogP contribution < -0.4 is 0 Å². The maximum Gasteiger partial charge on any atom is 0.306 e. The number of carbonyl (C=O) groups is 2. The molecule has 3 heterocycles. The van der Waals surface area contributed by atoms with E-state index in [-0.39, 0.29) is 11.8 Å². The number of thiophene rings is 1. The molecule has 0 aliphatic carbocycles. The van der Waals surface area contributed by atoms with Crippen LogP contribution in [0.1, 0.15) is 23.2 Å². The molecule has 1 aliphatic rings. The second-order valence-electron chi connectivity index (χ2n) is 5.17. The zero-order valence-electron chi connectivity index (χ0n) is 11.6. The van der Waals surface area contributed by atoms with Gasteiger partial charge >= 0.3 is 5.97 Å². The van der Waals surface area contributed by atoms with Gasteiger partial charge in [0.2, 0.25) is 0 Å². The fourth-order valence-corrected chi connectivity index (χ4v) is 3.64. The van der Waals surface area contributed by atoms with E-state index in [0.717, 1.165) is 4.88 Å². The second-order valence-corrected chi connectivity index (χ2v) is 6.88. The molecule has 1 saturated heterocycles. The minimum atomic E-state index is -0.788. The lowest BCUT2D eigenvalue weighted by Crippen LogP contribution is -2.40. The molecule has 1 aliphatic heterocycles. The van der Waals surface area contributed by atoms with E-state index in [0.29, 0.717) is 41.5 Å². The number of piperidine rings is 1. The van der Waals surface area contributed by atoms with Gasteiger partial charge in [0.1, 0.15) is 0 Å². The van der Waals surface area contributed by atoms with Crippen molar-refractivity contribution in [3.8, 4) is 10.6 Å². The fraction of sp³-hybridized carbons (Fsp3) is 0.357. The summed E-state index contributed by atoms with van der Waals surface area (Å²) in [4.78, 5) is 26.1. The molecule has 0 aromatic carbocycles. The maximum atomic E-state index is 12.6. The fourth-order valence-electron chi connectivity index (χ4n) is 2.58. The first-order chi connectivity index (χ1) is 10.6. The SMILES string of the molecule is O=C(O)C1CCN(C(=O)c2cn[nH]c2-c2ccc(Cl)s2)CC1. The quantitative estimate of drug-likeness (QED) is 0.900. The summed E-state index contributed by atoms with van der Waals surface area (Å²) < 4.78 is 0.644. The first-order valence-electron chi connectivity index (χ1n) is 6.87. The number of rotatable bonds is 3. The average Bonchev–Trinajstić information content (AvgIpc) is 3.15. The van der Waals surface area contributed by atoms with Crippen LogP contribution in [0.4, 0.5) is 0 Å². The van der Waals surface area contributed by atoms with Crippen molar-refractivity contribution in [1.29, 1.82) is 0 Å². The number of carboxylic acids is 1. The molecule has 0 atom stereocenters. The number of carboxylic acid groups (broad SMARTS) is 1. The number of H-pyrrole nitrogens is 1. The molecule has 0 radical (unpaired) electrons. The van der Waals surface area contributed by atoms with Gasteiger partial charge in [-0.05, 0) is 25.0 Å². The van der Waals surface area contributed by atoms with Gasteiger partial charge in [0.15, 0.2) is 0 Å². The second kappa shape index (κ2) is 6.10. The van der Waals surface area contributed by atoms with Crippen LogP contribution in [-0.2, 0) is 4.79 Å². The van der Waals surface area contributed by atoms with Gasteiger partial charge in [-0.2, -0.15) is 5.10 Å². The molecule has 22 heavy (non-hydrogen) atoms. The first-order valence-corrected chi connectivity index (χ1v) is 8.07. The van der Waals surface area contributed by atoms with E-state index in [1.807, 2.05) is 6.07 Å². The molecule has 2 N–H and O–H groups in total.